The van der Waals surface area contributed by atoms with Crippen molar-refractivity contribution < 1.29 is 0 Å². The van der Waals surface area contributed by atoms with E-state index in [1.807, 2.05) is 31.3 Å². The molecule has 1 heterocycles. The van der Waals surface area contributed by atoms with E-state index in [1.165, 1.54) is 11.1 Å². The second-order valence-electron chi connectivity index (χ2n) is 4.91. The molecule has 3 heteroatoms. The van der Waals surface area contributed by atoms with Gasteiger partial charge < -0.3 is 5.32 Å². The summed E-state index contributed by atoms with van der Waals surface area (Å²) in [6, 6.07) is 14.3. The molecule has 3 rings (SSSR count). The average molecular weight is 263 g/mol. The topological polar surface area (TPSA) is 37.8 Å². The minimum atomic E-state index is 0.772. The molecule has 100 valence electrons. The van der Waals surface area contributed by atoms with Crippen molar-refractivity contribution in [1.29, 1.82) is 0 Å². The summed E-state index contributed by atoms with van der Waals surface area (Å²) >= 11 is 0. The molecule has 3 nitrogen and oxygen atoms in total. The number of aryl methyl sites for hydroxylation is 1. The predicted octanol–water partition coefficient (Wildman–Crippen LogP) is 3.96. The molecule has 0 unspecified atom stereocenters. The van der Waals surface area contributed by atoms with Gasteiger partial charge in [-0.25, -0.2) is 9.97 Å². The van der Waals surface area contributed by atoms with E-state index in [0.29, 0.717) is 0 Å². The largest absolute Gasteiger partial charge is 0.373 e. The maximum absolute atomic E-state index is 4.70. The van der Waals surface area contributed by atoms with E-state index in [9.17, 15) is 0 Å². The summed E-state index contributed by atoms with van der Waals surface area (Å²) in [5.74, 6) is 1.64. The highest BCUT2D eigenvalue weighted by atomic mass is 15.0. The number of hydrogen-bond donors (Lipinski definition) is 1. The van der Waals surface area contributed by atoms with E-state index in [1.54, 1.807) is 0 Å². The highest BCUT2D eigenvalue weighted by molar-refractivity contribution is 5.90. The van der Waals surface area contributed by atoms with Crippen LogP contribution >= 0.6 is 0 Å². The first-order chi connectivity index (χ1) is 9.70. The molecule has 0 radical (unpaired) electrons. The van der Waals surface area contributed by atoms with Crippen molar-refractivity contribution >= 4 is 16.7 Å². The van der Waals surface area contributed by atoms with Gasteiger partial charge in [0, 0.05) is 18.0 Å². The maximum atomic E-state index is 4.70. The molecular weight excluding hydrogens is 246 g/mol. The number of nitrogens with one attached hydrogen (secondary N) is 1. The van der Waals surface area contributed by atoms with Crippen LogP contribution in [0.4, 0.5) is 5.82 Å². The Balaban J connectivity index is 2.29. The van der Waals surface area contributed by atoms with Crippen LogP contribution < -0.4 is 5.32 Å². The van der Waals surface area contributed by atoms with Crippen LogP contribution in [0, 0.1) is 13.8 Å². The normalized spacial score (nSPS) is 10.8. The number of hydrogen-bond acceptors (Lipinski definition) is 3. The molecule has 0 saturated carbocycles. The van der Waals surface area contributed by atoms with Gasteiger partial charge in [0.05, 0.1) is 5.52 Å². The van der Waals surface area contributed by atoms with Crippen LogP contribution in [0.5, 0.6) is 0 Å². The lowest BCUT2D eigenvalue weighted by molar-refractivity contribution is 1.19. The lowest BCUT2D eigenvalue weighted by Gasteiger charge is -2.11. The Hall–Kier alpha value is -2.42. The van der Waals surface area contributed by atoms with Crippen LogP contribution in [0.25, 0.3) is 22.3 Å². The fourth-order valence-corrected chi connectivity index (χ4v) is 2.38. The van der Waals surface area contributed by atoms with E-state index in [4.69, 9.17) is 4.98 Å². The summed E-state index contributed by atoms with van der Waals surface area (Å²) in [4.78, 5) is 9.37. The van der Waals surface area contributed by atoms with Gasteiger partial charge in [0.1, 0.15) is 5.82 Å². The Labute approximate surface area is 118 Å². The molecule has 2 aromatic carbocycles. The smallest absolute Gasteiger partial charge is 0.162 e. The van der Waals surface area contributed by atoms with Gasteiger partial charge in [0.2, 0.25) is 0 Å². The molecule has 0 amide bonds. The number of benzene rings is 2. The lowest BCUT2D eigenvalue weighted by atomic mass is 10.0. The SMILES string of the molecule is CNc1nc(-c2cccc(C)c2C)nc2ccccc12. The first kappa shape index (κ1) is 12.6. The summed E-state index contributed by atoms with van der Waals surface area (Å²) in [5, 5.41) is 4.21. The molecule has 0 spiro atoms. The van der Waals surface area contributed by atoms with E-state index in [-0.39, 0.29) is 0 Å². The van der Waals surface area contributed by atoms with Crippen molar-refractivity contribution in [3.8, 4) is 11.4 Å². The number of para-hydroxylation sites is 1. The van der Waals surface area contributed by atoms with Gasteiger partial charge in [-0.2, -0.15) is 0 Å². The molecule has 0 saturated heterocycles. The molecule has 0 atom stereocenters. The van der Waals surface area contributed by atoms with Gasteiger partial charge in [0.25, 0.3) is 0 Å². The fourth-order valence-electron chi connectivity index (χ4n) is 2.38. The van der Waals surface area contributed by atoms with Gasteiger partial charge in [-0.1, -0.05) is 30.3 Å². The molecule has 3 aromatic rings. The quantitative estimate of drug-likeness (QED) is 0.760. The van der Waals surface area contributed by atoms with Crippen LogP contribution in [-0.2, 0) is 0 Å². The fraction of sp³-hybridized carbons (Fsp3) is 0.176. The maximum Gasteiger partial charge on any atom is 0.162 e. The number of nitrogens with zero attached hydrogens (tertiary/aromatic N) is 2. The van der Waals surface area contributed by atoms with Crippen molar-refractivity contribution in [2.75, 3.05) is 12.4 Å². The molecule has 0 aliphatic heterocycles. The van der Waals surface area contributed by atoms with E-state index >= 15 is 0 Å². The van der Waals surface area contributed by atoms with Gasteiger partial charge in [-0.3, -0.25) is 0 Å². The molecular formula is C17H17N3. The summed E-state index contributed by atoms with van der Waals surface area (Å²) < 4.78 is 0. The zero-order chi connectivity index (χ0) is 14.1. The molecule has 1 aromatic heterocycles. The third kappa shape index (κ3) is 2.01. The second kappa shape index (κ2) is 4.93. The van der Waals surface area contributed by atoms with Crippen molar-refractivity contribution in [3.05, 3.63) is 53.6 Å². The van der Waals surface area contributed by atoms with Crippen LogP contribution in [0.15, 0.2) is 42.5 Å². The van der Waals surface area contributed by atoms with Crippen molar-refractivity contribution in [2.45, 2.75) is 13.8 Å². The second-order valence-corrected chi connectivity index (χ2v) is 4.91. The zero-order valence-electron chi connectivity index (χ0n) is 11.9. The van der Waals surface area contributed by atoms with E-state index in [2.05, 4.69) is 42.3 Å². The Morgan fingerprint density at radius 1 is 0.900 bits per heavy atom. The Morgan fingerprint density at radius 3 is 2.50 bits per heavy atom. The lowest BCUT2D eigenvalue weighted by Crippen LogP contribution is -2.00. The van der Waals surface area contributed by atoms with Gasteiger partial charge in [0.15, 0.2) is 5.82 Å². The molecule has 0 aliphatic rings. The average Bonchev–Trinajstić information content (AvgIpc) is 2.49. The monoisotopic (exact) mass is 263 g/mol. The van der Waals surface area contributed by atoms with Gasteiger partial charge >= 0.3 is 0 Å². The number of fused-ring (bicyclic) bond motifs is 1. The minimum Gasteiger partial charge on any atom is -0.373 e. The molecule has 20 heavy (non-hydrogen) atoms. The summed E-state index contributed by atoms with van der Waals surface area (Å²) in [5.41, 5.74) is 4.53. The van der Waals surface area contributed by atoms with Crippen LogP contribution in [0.1, 0.15) is 11.1 Å². The number of anilines is 1. The summed E-state index contributed by atoms with van der Waals surface area (Å²) in [7, 11) is 1.89. The highest BCUT2D eigenvalue weighted by Crippen LogP contribution is 2.27. The van der Waals surface area contributed by atoms with Crippen molar-refractivity contribution in [2.24, 2.45) is 0 Å². The molecule has 0 aliphatic carbocycles. The Bertz CT molecular complexity index is 778. The Kier molecular flexibility index (Phi) is 3.11. The molecule has 1 N–H and O–H groups in total. The van der Waals surface area contributed by atoms with Crippen LogP contribution in [0.2, 0.25) is 0 Å². The Morgan fingerprint density at radius 2 is 1.70 bits per heavy atom. The molecule has 0 bridgehead atoms. The van der Waals surface area contributed by atoms with Gasteiger partial charge in [-0.15, -0.1) is 0 Å². The first-order valence-electron chi connectivity index (χ1n) is 6.72. The summed E-state index contributed by atoms with van der Waals surface area (Å²) in [6.07, 6.45) is 0. The predicted molar refractivity (Wildman–Crippen MR) is 84.0 cm³/mol. The van der Waals surface area contributed by atoms with Crippen molar-refractivity contribution in [3.63, 3.8) is 0 Å². The summed E-state index contributed by atoms with van der Waals surface area (Å²) in [6.45, 7) is 4.22. The molecule has 0 fully saturated rings. The van der Waals surface area contributed by atoms with Gasteiger partial charge in [-0.05, 0) is 37.1 Å². The standard InChI is InChI=1S/C17H17N3/c1-11-7-6-9-13(12(11)2)17-19-15-10-5-4-8-14(15)16(18-3)20-17/h4-10H,1-3H3,(H,18,19,20). The van der Waals surface area contributed by atoms with E-state index < -0.39 is 0 Å². The van der Waals surface area contributed by atoms with Crippen LogP contribution in [0.3, 0.4) is 0 Å². The first-order valence-corrected chi connectivity index (χ1v) is 6.72. The third-order valence-corrected chi connectivity index (χ3v) is 3.69. The highest BCUT2D eigenvalue weighted by Gasteiger charge is 2.10. The van der Waals surface area contributed by atoms with E-state index in [0.717, 1.165) is 28.1 Å². The third-order valence-electron chi connectivity index (χ3n) is 3.69. The van der Waals surface area contributed by atoms with Crippen LogP contribution in [-0.4, -0.2) is 17.0 Å². The zero-order valence-corrected chi connectivity index (χ0v) is 11.9. The number of rotatable bonds is 2. The minimum absolute atomic E-state index is 0.772. The number of aromatic nitrogens is 2. The van der Waals surface area contributed by atoms with Crippen molar-refractivity contribution in [1.82, 2.24) is 9.97 Å².